The Hall–Kier alpha value is -1.76. The first-order chi connectivity index (χ1) is 12.0. The summed E-state index contributed by atoms with van der Waals surface area (Å²) >= 11 is 24.5. The first-order valence-electron chi connectivity index (χ1n) is 7.27. The largest absolute Gasteiger partial charge is 0.251 e. The molecule has 0 unspecified atom stereocenters. The monoisotopic (exact) mass is 406 g/mol. The molecule has 3 rings (SSSR count). The van der Waals surface area contributed by atoms with Crippen molar-refractivity contribution in [2.24, 2.45) is 0 Å². The lowest BCUT2D eigenvalue weighted by molar-refractivity contribution is 1.12. The zero-order valence-electron chi connectivity index (χ0n) is 12.7. The van der Waals surface area contributed by atoms with Crippen molar-refractivity contribution in [3.63, 3.8) is 0 Å². The van der Waals surface area contributed by atoms with Gasteiger partial charge in [-0.3, -0.25) is 4.98 Å². The predicted molar refractivity (Wildman–Crippen MR) is 104 cm³/mol. The van der Waals surface area contributed by atoms with E-state index in [1.54, 1.807) is 30.3 Å². The fraction of sp³-hybridized carbons (Fsp3) is 0.0526. The summed E-state index contributed by atoms with van der Waals surface area (Å²) in [6, 6.07) is 16.3. The second-order valence-electron chi connectivity index (χ2n) is 5.27. The molecular weight excluding hydrogens is 398 g/mol. The SMILES string of the molecule is N#CCc1nc(-c2ccc(Cl)cc2Cl)ccc1-c1ccc(Cl)cc1Cl. The lowest BCUT2D eigenvalue weighted by Gasteiger charge is -2.12. The normalized spacial score (nSPS) is 10.5. The van der Waals surface area contributed by atoms with Crippen LogP contribution in [-0.2, 0) is 6.42 Å². The maximum atomic E-state index is 9.17. The summed E-state index contributed by atoms with van der Waals surface area (Å²) in [4.78, 5) is 4.62. The molecule has 1 heterocycles. The Kier molecular flexibility index (Phi) is 5.51. The zero-order chi connectivity index (χ0) is 18.0. The highest BCUT2D eigenvalue weighted by molar-refractivity contribution is 6.37. The summed E-state index contributed by atoms with van der Waals surface area (Å²) < 4.78 is 0. The summed E-state index contributed by atoms with van der Waals surface area (Å²) in [5.41, 5.74) is 3.60. The van der Waals surface area contributed by atoms with Crippen molar-refractivity contribution in [3.05, 3.63) is 74.3 Å². The van der Waals surface area contributed by atoms with Crippen LogP contribution < -0.4 is 0 Å². The lowest BCUT2D eigenvalue weighted by Crippen LogP contribution is -1.97. The van der Waals surface area contributed by atoms with Gasteiger partial charge < -0.3 is 0 Å². The number of benzene rings is 2. The molecular formula is C19H10Cl4N2. The van der Waals surface area contributed by atoms with E-state index in [4.69, 9.17) is 51.7 Å². The highest BCUT2D eigenvalue weighted by Crippen LogP contribution is 2.35. The third-order valence-electron chi connectivity index (χ3n) is 3.65. The van der Waals surface area contributed by atoms with Gasteiger partial charge in [-0.1, -0.05) is 58.5 Å². The van der Waals surface area contributed by atoms with Crippen molar-refractivity contribution in [1.82, 2.24) is 4.98 Å². The first kappa shape index (κ1) is 18.0. The second-order valence-corrected chi connectivity index (χ2v) is 6.96. The molecule has 0 bridgehead atoms. The van der Waals surface area contributed by atoms with E-state index in [0.717, 1.165) is 16.7 Å². The number of halogens is 4. The predicted octanol–water partition coefficient (Wildman–Crippen LogP) is 7.10. The number of aromatic nitrogens is 1. The summed E-state index contributed by atoms with van der Waals surface area (Å²) in [7, 11) is 0. The van der Waals surface area contributed by atoms with Gasteiger partial charge in [0.25, 0.3) is 0 Å². The lowest BCUT2D eigenvalue weighted by atomic mass is 10.0. The van der Waals surface area contributed by atoms with Crippen LogP contribution in [0.5, 0.6) is 0 Å². The Bertz CT molecular complexity index is 993. The van der Waals surface area contributed by atoms with Gasteiger partial charge in [0, 0.05) is 31.8 Å². The van der Waals surface area contributed by atoms with Crippen LogP contribution in [0.4, 0.5) is 0 Å². The average Bonchev–Trinajstić information content (AvgIpc) is 2.56. The van der Waals surface area contributed by atoms with Gasteiger partial charge in [0.05, 0.1) is 28.9 Å². The average molecular weight is 408 g/mol. The smallest absolute Gasteiger partial charge is 0.0781 e. The Morgan fingerprint density at radius 1 is 0.760 bits per heavy atom. The maximum absolute atomic E-state index is 9.17. The molecule has 0 spiro atoms. The quantitative estimate of drug-likeness (QED) is 0.464. The Labute approximate surface area is 165 Å². The van der Waals surface area contributed by atoms with Gasteiger partial charge in [-0.25, -0.2) is 0 Å². The second kappa shape index (κ2) is 7.64. The van der Waals surface area contributed by atoms with Crippen LogP contribution >= 0.6 is 46.4 Å². The van der Waals surface area contributed by atoms with E-state index in [-0.39, 0.29) is 6.42 Å². The third-order valence-corrected chi connectivity index (χ3v) is 4.74. The molecule has 1 aromatic heterocycles. The molecule has 6 heteroatoms. The highest BCUT2D eigenvalue weighted by atomic mass is 35.5. The molecule has 2 aromatic carbocycles. The van der Waals surface area contributed by atoms with Crippen molar-refractivity contribution in [2.45, 2.75) is 6.42 Å². The molecule has 0 fully saturated rings. The molecule has 0 saturated carbocycles. The molecule has 0 saturated heterocycles. The number of nitriles is 1. The van der Waals surface area contributed by atoms with E-state index in [1.807, 2.05) is 18.2 Å². The van der Waals surface area contributed by atoms with Crippen LogP contribution in [0.3, 0.4) is 0 Å². The Morgan fingerprint density at radius 2 is 1.32 bits per heavy atom. The van der Waals surface area contributed by atoms with Crippen molar-refractivity contribution >= 4 is 46.4 Å². The minimum absolute atomic E-state index is 0.146. The van der Waals surface area contributed by atoms with E-state index in [1.165, 1.54) is 0 Å². The highest BCUT2D eigenvalue weighted by Gasteiger charge is 2.14. The minimum atomic E-state index is 0.146. The molecule has 2 nitrogen and oxygen atoms in total. The molecule has 124 valence electrons. The van der Waals surface area contributed by atoms with Gasteiger partial charge in [-0.15, -0.1) is 0 Å². The van der Waals surface area contributed by atoms with Crippen LogP contribution in [0, 0.1) is 11.3 Å². The fourth-order valence-corrected chi connectivity index (χ4v) is 3.53. The van der Waals surface area contributed by atoms with Crippen molar-refractivity contribution in [1.29, 1.82) is 5.26 Å². The third kappa shape index (κ3) is 3.92. The van der Waals surface area contributed by atoms with Gasteiger partial charge in [0.2, 0.25) is 0 Å². The van der Waals surface area contributed by atoms with E-state index in [0.29, 0.717) is 31.5 Å². The van der Waals surface area contributed by atoms with Crippen LogP contribution in [0.1, 0.15) is 5.69 Å². The summed E-state index contributed by atoms with van der Waals surface area (Å²) in [5.74, 6) is 0. The standard InChI is InChI=1S/C19H10Cl4N2/c20-11-1-3-13(16(22)9-11)14-5-6-18(25-19(14)7-8-24)15-4-2-12(21)10-17(15)23/h1-6,9-10H,7H2. The van der Waals surface area contributed by atoms with Gasteiger partial charge in [0.15, 0.2) is 0 Å². The molecule has 0 radical (unpaired) electrons. The molecule has 0 N–H and O–H groups in total. The number of hydrogen-bond acceptors (Lipinski definition) is 2. The number of pyridine rings is 1. The van der Waals surface area contributed by atoms with Gasteiger partial charge in [0.1, 0.15) is 0 Å². The first-order valence-corrected chi connectivity index (χ1v) is 8.78. The zero-order valence-corrected chi connectivity index (χ0v) is 15.8. The number of nitrogens with zero attached hydrogens (tertiary/aromatic N) is 2. The van der Waals surface area contributed by atoms with Crippen LogP contribution in [0.2, 0.25) is 20.1 Å². The van der Waals surface area contributed by atoms with Crippen molar-refractivity contribution in [2.75, 3.05) is 0 Å². The summed E-state index contributed by atoms with van der Waals surface area (Å²) in [5, 5.41) is 11.3. The molecule has 0 aliphatic rings. The fourth-order valence-electron chi connectivity index (χ4n) is 2.51. The minimum Gasteiger partial charge on any atom is -0.251 e. The molecule has 3 aromatic rings. The molecule has 0 aliphatic carbocycles. The number of rotatable bonds is 3. The van der Waals surface area contributed by atoms with Gasteiger partial charge in [-0.05, 0) is 36.4 Å². The van der Waals surface area contributed by atoms with Gasteiger partial charge in [-0.2, -0.15) is 5.26 Å². The van der Waals surface area contributed by atoms with E-state index < -0.39 is 0 Å². The van der Waals surface area contributed by atoms with E-state index in [9.17, 15) is 0 Å². The molecule has 0 atom stereocenters. The maximum Gasteiger partial charge on any atom is 0.0781 e. The molecule has 25 heavy (non-hydrogen) atoms. The van der Waals surface area contributed by atoms with Crippen LogP contribution in [0.15, 0.2) is 48.5 Å². The van der Waals surface area contributed by atoms with Gasteiger partial charge >= 0.3 is 0 Å². The topological polar surface area (TPSA) is 36.7 Å². The van der Waals surface area contributed by atoms with E-state index in [2.05, 4.69) is 11.1 Å². The summed E-state index contributed by atoms with van der Waals surface area (Å²) in [6.07, 6.45) is 0.146. The number of hydrogen-bond donors (Lipinski definition) is 0. The molecule has 0 amide bonds. The summed E-state index contributed by atoms with van der Waals surface area (Å²) in [6.45, 7) is 0. The van der Waals surface area contributed by atoms with Crippen LogP contribution in [0.25, 0.3) is 22.4 Å². The Balaban J connectivity index is 2.14. The van der Waals surface area contributed by atoms with Crippen LogP contribution in [-0.4, -0.2) is 4.98 Å². The molecule has 0 aliphatic heterocycles. The van der Waals surface area contributed by atoms with Crippen molar-refractivity contribution in [3.8, 4) is 28.5 Å². The Morgan fingerprint density at radius 3 is 1.88 bits per heavy atom. The van der Waals surface area contributed by atoms with E-state index >= 15 is 0 Å². The van der Waals surface area contributed by atoms with Crippen molar-refractivity contribution < 1.29 is 0 Å².